The first-order valence-electron chi connectivity index (χ1n) is 7.21. The monoisotopic (exact) mass is 334 g/mol. The third-order valence-corrected chi connectivity index (χ3v) is 3.67. The summed E-state index contributed by atoms with van der Waals surface area (Å²) in [5.74, 6) is -0.105. The minimum absolute atomic E-state index is 0.105. The molecule has 2 aromatic rings. The van der Waals surface area contributed by atoms with Crippen LogP contribution >= 0.6 is 11.3 Å². The average molecular weight is 334 g/mol. The Kier molecular flexibility index (Phi) is 6.49. The van der Waals surface area contributed by atoms with Crippen LogP contribution in [0.2, 0.25) is 0 Å². The lowest BCUT2D eigenvalue weighted by Crippen LogP contribution is -2.27. The summed E-state index contributed by atoms with van der Waals surface area (Å²) in [5.41, 5.74) is 1.73. The van der Waals surface area contributed by atoms with Crippen LogP contribution < -0.4 is 10.6 Å². The van der Waals surface area contributed by atoms with Crippen molar-refractivity contribution in [3.63, 3.8) is 0 Å². The third-order valence-electron chi connectivity index (χ3n) is 2.86. The van der Waals surface area contributed by atoms with E-state index in [9.17, 15) is 9.59 Å². The van der Waals surface area contributed by atoms with Gasteiger partial charge in [-0.25, -0.2) is 9.78 Å². The maximum absolute atomic E-state index is 11.9. The molecule has 0 aliphatic rings. The first kappa shape index (κ1) is 16.9. The molecule has 0 saturated heterocycles. The Labute approximate surface area is 138 Å². The second kappa shape index (κ2) is 8.84. The molecule has 8 heteroatoms. The summed E-state index contributed by atoms with van der Waals surface area (Å²) in [6, 6.07) is 3.83. The minimum Gasteiger partial charge on any atom is -0.450 e. The number of hydrogen-bond acceptors (Lipinski definition) is 6. The number of amides is 2. The lowest BCUT2D eigenvalue weighted by molar-refractivity contribution is -0.120. The van der Waals surface area contributed by atoms with Gasteiger partial charge in [-0.1, -0.05) is 0 Å². The Hall–Kier alpha value is -2.48. The van der Waals surface area contributed by atoms with E-state index in [1.54, 1.807) is 24.7 Å². The Morgan fingerprint density at radius 2 is 2.09 bits per heavy atom. The zero-order chi connectivity index (χ0) is 16.5. The predicted octanol–water partition coefficient (Wildman–Crippen LogP) is 2.01. The van der Waals surface area contributed by atoms with Crippen molar-refractivity contribution < 1.29 is 14.3 Å². The van der Waals surface area contributed by atoms with Crippen LogP contribution in [0.25, 0.3) is 0 Å². The molecule has 2 amide bonds. The molecule has 2 N–H and O–H groups in total. The molecule has 0 saturated carbocycles. The normalized spacial score (nSPS) is 10.1. The zero-order valence-electron chi connectivity index (χ0n) is 12.7. The molecule has 2 aromatic heterocycles. The van der Waals surface area contributed by atoms with Gasteiger partial charge in [0.1, 0.15) is 0 Å². The van der Waals surface area contributed by atoms with Gasteiger partial charge in [0.25, 0.3) is 0 Å². The molecule has 23 heavy (non-hydrogen) atoms. The van der Waals surface area contributed by atoms with Crippen molar-refractivity contribution in [3.8, 4) is 0 Å². The lowest BCUT2D eigenvalue weighted by atomic mass is 10.2. The van der Waals surface area contributed by atoms with Gasteiger partial charge >= 0.3 is 6.09 Å². The number of anilines is 1. The number of carbonyl (C=O) groups excluding carboxylic acids is 2. The first-order chi connectivity index (χ1) is 11.2. The maximum Gasteiger partial charge on any atom is 0.413 e. The topological polar surface area (TPSA) is 93.2 Å². The number of aromatic nitrogens is 2. The molecule has 0 bridgehead atoms. The molecule has 122 valence electrons. The highest BCUT2D eigenvalue weighted by atomic mass is 32.1. The molecule has 2 heterocycles. The molecule has 0 aliphatic heterocycles. The van der Waals surface area contributed by atoms with Crippen LogP contribution in [0.5, 0.6) is 0 Å². The second-order valence-corrected chi connectivity index (χ2v) is 5.48. The number of thiazole rings is 1. The van der Waals surface area contributed by atoms with Crippen molar-refractivity contribution in [2.24, 2.45) is 0 Å². The summed E-state index contributed by atoms with van der Waals surface area (Å²) in [6.45, 7) is 2.58. The molecule has 0 radical (unpaired) electrons. The summed E-state index contributed by atoms with van der Waals surface area (Å²) in [5, 5.41) is 7.51. The van der Waals surface area contributed by atoms with Crippen molar-refractivity contribution in [1.29, 1.82) is 0 Å². The van der Waals surface area contributed by atoms with E-state index in [1.165, 1.54) is 11.3 Å². The highest BCUT2D eigenvalue weighted by molar-refractivity contribution is 7.13. The van der Waals surface area contributed by atoms with Crippen molar-refractivity contribution in [2.45, 2.75) is 19.8 Å². The second-order valence-electron chi connectivity index (χ2n) is 4.62. The first-order valence-corrected chi connectivity index (χ1v) is 8.09. The van der Waals surface area contributed by atoms with Gasteiger partial charge in [0.2, 0.25) is 5.91 Å². The number of nitrogens with one attached hydrogen (secondary N) is 2. The lowest BCUT2D eigenvalue weighted by Gasteiger charge is -2.04. The van der Waals surface area contributed by atoms with E-state index in [0.717, 1.165) is 12.0 Å². The fraction of sp³-hybridized carbons (Fsp3) is 0.333. The van der Waals surface area contributed by atoms with Crippen LogP contribution in [0.1, 0.15) is 18.2 Å². The van der Waals surface area contributed by atoms with Gasteiger partial charge in [0.15, 0.2) is 5.13 Å². The van der Waals surface area contributed by atoms with E-state index in [0.29, 0.717) is 24.0 Å². The number of nitrogens with zero attached hydrogens (tertiary/aromatic N) is 2. The van der Waals surface area contributed by atoms with Crippen LogP contribution in [-0.4, -0.2) is 35.1 Å². The Morgan fingerprint density at radius 3 is 2.83 bits per heavy atom. The number of carbonyl (C=O) groups is 2. The highest BCUT2D eigenvalue weighted by Crippen LogP contribution is 2.16. The van der Waals surface area contributed by atoms with Crippen LogP contribution in [-0.2, 0) is 22.4 Å². The van der Waals surface area contributed by atoms with E-state index in [1.807, 2.05) is 12.1 Å². The number of rotatable bonds is 7. The fourth-order valence-electron chi connectivity index (χ4n) is 1.82. The highest BCUT2D eigenvalue weighted by Gasteiger charge is 2.10. The van der Waals surface area contributed by atoms with Crippen molar-refractivity contribution in [2.75, 3.05) is 18.5 Å². The van der Waals surface area contributed by atoms with Crippen LogP contribution in [0.15, 0.2) is 29.9 Å². The van der Waals surface area contributed by atoms with E-state index >= 15 is 0 Å². The molecular formula is C15H18N4O3S. The SMILES string of the molecule is CCOC(=O)Nc1nc(CC(=O)NCCc2ccncc2)cs1. The van der Waals surface area contributed by atoms with Crippen molar-refractivity contribution in [3.05, 3.63) is 41.2 Å². The van der Waals surface area contributed by atoms with Gasteiger partial charge in [-0.15, -0.1) is 11.3 Å². The number of hydrogen-bond donors (Lipinski definition) is 2. The largest absolute Gasteiger partial charge is 0.450 e. The molecule has 0 aromatic carbocycles. The number of pyridine rings is 1. The van der Waals surface area contributed by atoms with Crippen molar-refractivity contribution in [1.82, 2.24) is 15.3 Å². The van der Waals surface area contributed by atoms with Gasteiger partial charge in [-0.05, 0) is 31.0 Å². The van der Waals surface area contributed by atoms with Crippen molar-refractivity contribution >= 4 is 28.5 Å². The third kappa shape index (κ3) is 6.03. The van der Waals surface area contributed by atoms with E-state index in [2.05, 4.69) is 20.6 Å². The van der Waals surface area contributed by atoms with Gasteiger partial charge in [0, 0.05) is 24.3 Å². The molecular weight excluding hydrogens is 316 g/mol. The Balaban J connectivity index is 1.73. The fourth-order valence-corrected chi connectivity index (χ4v) is 2.52. The predicted molar refractivity (Wildman–Crippen MR) is 87.4 cm³/mol. The summed E-state index contributed by atoms with van der Waals surface area (Å²) in [7, 11) is 0. The van der Waals surface area contributed by atoms with E-state index in [4.69, 9.17) is 4.74 Å². The summed E-state index contributed by atoms with van der Waals surface area (Å²) in [6.07, 6.45) is 3.84. The maximum atomic E-state index is 11.9. The zero-order valence-corrected chi connectivity index (χ0v) is 13.6. The van der Waals surface area contributed by atoms with Crippen LogP contribution in [0, 0.1) is 0 Å². The summed E-state index contributed by atoms with van der Waals surface area (Å²) >= 11 is 1.26. The van der Waals surface area contributed by atoms with Gasteiger partial charge < -0.3 is 10.1 Å². The summed E-state index contributed by atoms with van der Waals surface area (Å²) < 4.78 is 4.76. The van der Waals surface area contributed by atoms with Gasteiger partial charge in [0.05, 0.1) is 18.7 Å². The van der Waals surface area contributed by atoms with Crippen LogP contribution in [0.3, 0.4) is 0 Å². The average Bonchev–Trinajstić information content (AvgIpc) is 2.95. The van der Waals surface area contributed by atoms with Gasteiger partial charge in [-0.3, -0.25) is 15.1 Å². The molecule has 0 fully saturated rings. The smallest absolute Gasteiger partial charge is 0.413 e. The quantitative estimate of drug-likeness (QED) is 0.808. The summed E-state index contributed by atoms with van der Waals surface area (Å²) in [4.78, 5) is 31.3. The standard InChI is InChI=1S/C15H18N4O3S/c1-2-22-15(21)19-14-18-12(10-23-14)9-13(20)17-8-5-11-3-6-16-7-4-11/h3-4,6-7,10H,2,5,8-9H2,1H3,(H,17,20)(H,18,19,21). The Bertz CT molecular complexity index is 645. The molecule has 0 unspecified atom stereocenters. The molecule has 2 rings (SSSR count). The Morgan fingerprint density at radius 1 is 1.30 bits per heavy atom. The van der Waals surface area contributed by atoms with E-state index in [-0.39, 0.29) is 12.3 Å². The molecule has 0 spiro atoms. The van der Waals surface area contributed by atoms with Gasteiger partial charge in [-0.2, -0.15) is 0 Å². The van der Waals surface area contributed by atoms with Crippen LogP contribution in [0.4, 0.5) is 9.93 Å². The molecule has 0 aliphatic carbocycles. The van der Waals surface area contributed by atoms with E-state index < -0.39 is 6.09 Å². The minimum atomic E-state index is -0.546. The number of ether oxygens (including phenoxy) is 1. The molecule has 0 atom stereocenters. The molecule has 7 nitrogen and oxygen atoms in total.